The van der Waals surface area contributed by atoms with Crippen molar-refractivity contribution in [2.24, 2.45) is 5.92 Å². The summed E-state index contributed by atoms with van der Waals surface area (Å²) in [6.45, 7) is 2.68. The number of ether oxygens (including phenoxy) is 2. The van der Waals surface area contributed by atoms with E-state index in [1.165, 1.54) is 12.0 Å². The van der Waals surface area contributed by atoms with Crippen LogP contribution in [0.1, 0.15) is 37.2 Å². The molecule has 2 amide bonds. The molecule has 0 unspecified atom stereocenters. The van der Waals surface area contributed by atoms with E-state index in [1.807, 2.05) is 24.1 Å². The van der Waals surface area contributed by atoms with Crippen LogP contribution in [0, 0.1) is 5.92 Å². The third kappa shape index (κ3) is 3.62. The number of nitrogens with zero attached hydrogens (tertiary/aromatic N) is 2. The predicted molar refractivity (Wildman–Crippen MR) is 107 cm³/mol. The van der Waals surface area contributed by atoms with Crippen LogP contribution in [0.25, 0.3) is 0 Å². The second kappa shape index (κ2) is 7.55. The molecule has 1 aliphatic heterocycles. The Morgan fingerprint density at radius 3 is 2.59 bits per heavy atom. The Balaban J connectivity index is 1.49. The molecular weight excluding hydrogens is 372 g/mol. The number of benzene rings is 1. The monoisotopic (exact) mass is 398 g/mol. The fraction of sp³-hybridized carbons (Fsp3) is 0.455. The third-order valence-corrected chi connectivity index (χ3v) is 5.85. The van der Waals surface area contributed by atoms with Gasteiger partial charge in [0.2, 0.25) is 5.91 Å². The first-order chi connectivity index (χ1) is 13.9. The molecule has 4 rings (SSSR count). The molecule has 2 aliphatic rings. The van der Waals surface area contributed by atoms with Crippen LogP contribution in [0.2, 0.25) is 0 Å². The first kappa shape index (κ1) is 19.5. The van der Waals surface area contributed by atoms with Crippen LogP contribution < -0.4 is 14.4 Å². The minimum atomic E-state index is -0.539. The lowest BCUT2D eigenvalue weighted by molar-refractivity contribution is -0.122. The minimum Gasteiger partial charge on any atom is -0.497 e. The minimum absolute atomic E-state index is 0.123. The van der Waals surface area contributed by atoms with Gasteiger partial charge in [0.05, 0.1) is 38.9 Å². The average Bonchev–Trinajstić information content (AvgIpc) is 3.13. The van der Waals surface area contributed by atoms with Gasteiger partial charge in [0.15, 0.2) is 0 Å². The van der Waals surface area contributed by atoms with Crippen LogP contribution in [-0.2, 0) is 16.1 Å². The van der Waals surface area contributed by atoms with E-state index < -0.39 is 6.04 Å². The second-order valence-corrected chi connectivity index (χ2v) is 7.86. The highest BCUT2D eigenvalue weighted by atomic mass is 16.5. The largest absolute Gasteiger partial charge is 0.497 e. The highest BCUT2D eigenvalue weighted by Gasteiger charge is 2.43. The van der Waals surface area contributed by atoms with E-state index in [4.69, 9.17) is 13.9 Å². The van der Waals surface area contributed by atoms with Crippen LogP contribution in [0.15, 0.2) is 34.7 Å². The third-order valence-electron chi connectivity index (χ3n) is 5.85. The molecule has 1 aromatic heterocycles. The number of methoxy groups -OCH3 is 2. The Morgan fingerprint density at radius 1 is 1.17 bits per heavy atom. The van der Waals surface area contributed by atoms with Gasteiger partial charge in [-0.3, -0.25) is 14.5 Å². The van der Waals surface area contributed by atoms with Crippen LogP contribution >= 0.6 is 0 Å². The Morgan fingerprint density at radius 2 is 1.93 bits per heavy atom. The zero-order chi connectivity index (χ0) is 20.7. The van der Waals surface area contributed by atoms with Crippen molar-refractivity contribution in [3.63, 3.8) is 0 Å². The van der Waals surface area contributed by atoms with Crippen molar-refractivity contribution in [1.82, 2.24) is 4.90 Å². The van der Waals surface area contributed by atoms with E-state index in [0.29, 0.717) is 35.6 Å². The lowest BCUT2D eigenvalue weighted by Gasteiger charge is -2.22. The summed E-state index contributed by atoms with van der Waals surface area (Å²) in [6.07, 6.45) is 1.29. The number of likely N-dealkylation sites (N-methyl/N-ethyl adjacent to an activating group) is 1. The molecule has 7 heteroatoms. The highest BCUT2D eigenvalue weighted by Crippen LogP contribution is 2.47. The number of anilines is 1. The maximum Gasteiger partial charge on any atom is 0.251 e. The number of furan rings is 1. The van der Waals surface area contributed by atoms with Crippen molar-refractivity contribution in [2.45, 2.75) is 38.3 Å². The summed E-state index contributed by atoms with van der Waals surface area (Å²) < 4.78 is 16.5. The molecule has 0 spiro atoms. The molecule has 1 saturated heterocycles. The molecule has 154 valence electrons. The van der Waals surface area contributed by atoms with E-state index in [2.05, 4.69) is 6.92 Å². The summed E-state index contributed by atoms with van der Waals surface area (Å²) in [7, 11) is 4.89. The molecule has 1 saturated carbocycles. The molecule has 29 heavy (non-hydrogen) atoms. The quantitative estimate of drug-likeness (QED) is 0.667. The Hall–Kier alpha value is -2.80. The van der Waals surface area contributed by atoms with Gasteiger partial charge in [-0.1, -0.05) is 6.92 Å². The zero-order valence-corrected chi connectivity index (χ0v) is 17.2. The van der Waals surface area contributed by atoms with Gasteiger partial charge in [0.1, 0.15) is 23.0 Å². The molecule has 0 N–H and O–H groups in total. The number of rotatable bonds is 7. The van der Waals surface area contributed by atoms with Crippen molar-refractivity contribution in [3.05, 3.63) is 41.9 Å². The van der Waals surface area contributed by atoms with Crippen LogP contribution in [0.5, 0.6) is 11.5 Å². The van der Waals surface area contributed by atoms with Gasteiger partial charge in [-0.15, -0.1) is 0 Å². The molecule has 3 atom stereocenters. The van der Waals surface area contributed by atoms with Gasteiger partial charge in [-0.2, -0.15) is 0 Å². The lowest BCUT2D eigenvalue weighted by Crippen LogP contribution is -2.39. The van der Waals surface area contributed by atoms with Crippen LogP contribution in [0.4, 0.5) is 5.69 Å². The topological polar surface area (TPSA) is 72.2 Å². The Labute approximate surface area is 170 Å². The standard InChI is InChI=1S/C22H26N2O5/c1-13-9-16(13)19-8-6-15(29-19)12-23(2)18-11-21(25)24(22(18)26)17-7-5-14(27-3)10-20(17)28-4/h5-8,10,13,16,18H,9,11-12H2,1-4H3/t13-,16+,18+/m1/s1. The number of hydrogen-bond donors (Lipinski definition) is 0. The van der Waals surface area contributed by atoms with Crippen molar-refractivity contribution < 1.29 is 23.5 Å². The van der Waals surface area contributed by atoms with Crippen molar-refractivity contribution in [1.29, 1.82) is 0 Å². The van der Waals surface area contributed by atoms with Crippen LogP contribution in [-0.4, -0.2) is 44.0 Å². The molecule has 1 aliphatic carbocycles. The summed E-state index contributed by atoms with van der Waals surface area (Å²) in [6, 6.07) is 8.48. The first-order valence-corrected chi connectivity index (χ1v) is 9.80. The maximum absolute atomic E-state index is 13.1. The van der Waals surface area contributed by atoms with E-state index >= 15 is 0 Å². The van der Waals surface area contributed by atoms with Gasteiger partial charge in [0.25, 0.3) is 5.91 Å². The lowest BCUT2D eigenvalue weighted by atomic mass is 10.2. The smallest absolute Gasteiger partial charge is 0.251 e. The summed E-state index contributed by atoms with van der Waals surface area (Å²) in [5, 5.41) is 0. The second-order valence-electron chi connectivity index (χ2n) is 7.86. The van der Waals surface area contributed by atoms with Crippen molar-refractivity contribution >= 4 is 17.5 Å². The number of carbonyl (C=O) groups excluding carboxylic acids is 2. The molecule has 2 fully saturated rings. The molecule has 0 bridgehead atoms. The van der Waals surface area contributed by atoms with Gasteiger partial charge >= 0.3 is 0 Å². The number of amides is 2. The zero-order valence-electron chi connectivity index (χ0n) is 17.2. The van der Waals surface area contributed by atoms with Crippen molar-refractivity contribution in [2.75, 3.05) is 26.2 Å². The molecule has 7 nitrogen and oxygen atoms in total. The van der Waals surface area contributed by atoms with Gasteiger partial charge in [0, 0.05) is 12.0 Å². The van der Waals surface area contributed by atoms with Gasteiger partial charge in [-0.05, 0) is 43.7 Å². The van der Waals surface area contributed by atoms with Crippen molar-refractivity contribution in [3.8, 4) is 11.5 Å². The van der Waals surface area contributed by atoms with E-state index in [9.17, 15) is 9.59 Å². The van der Waals surface area contributed by atoms with Gasteiger partial charge < -0.3 is 13.9 Å². The normalized spacial score (nSPS) is 23.8. The SMILES string of the molecule is COc1ccc(N2C(=O)C[C@H](N(C)Cc3ccc([C@H]4C[C@H]4C)o3)C2=O)c(OC)c1. The maximum atomic E-state index is 13.1. The fourth-order valence-corrected chi connectivity index (χ4v) is 3.94. The first-order valence-electron chi connectivity index (χ1n) is 9.80. The summed E-state index contributed by atoms with van der Waals surface area (Å²) >= 11 is 0. The summed E-state index contributed by atoms with van der Waals surface area (Å²) in [5.74, 6) is 3.52. The Kier molecular flexibility index (Phi) is 5.08. The van der Waals surface area contributed by atoms with Crippen LogP contribution in [0.3, 0.4) is 0 Å². The summed E-state index contributed by atoms with van der Waals surface area (Å²) in [5.41, 5.74) is 0.433. The number of carbonyl (C=O) groups is 2. The average molecular weight is 398 g/mol. The molecule has 0 radical (unpaired) electrons. The predicted octanol–water partition coefficient (Wildman–Crippen LogP) is 3.18. The summed E-state index contributed by atoms with van der Waals surface area (Å²) in [4.78, 5) is 28.8. The number of hydrogen-bond acceptors (Lipinski definition) is 6. The van der Waals surface area contributed by atoms with Gasteiger partial charge in [-0.25, -0.2) is 4.90 Å². The molecule has 2 aromatic rings. The van der Waals surface area contributed by atoms with E-state index in [0.717, 1.165) is 17.9 Å². The molecular formula is C22H26N2O5. The fourth-order valence-electron chi connectivity index (χ4n) is 3.94. The Bertz CT molecular complexity index is 937. The highest BCUT2D eigenvalue weighted by molar-refractivity contribution is 6.23. The number of imide groups is 1. The molecule has 2 heterocycles. The van der Waals surface area contributed by atoms with E-state index in [-0.39, 0.29) is 18.2 Å². The molecule has 1 aromatic carbocycles. The van der Waals surface area contributed by atoms with E-state index in [1.54, 1.807) is 25.3 Å².